The number of aromatic nitrogens is 2. The van der Waals surface area contributed by atoms with Crippen LogP contribution in [0.4, 0.5) is 0 Å². The molecule has 1 fully saturated rings. The SMILES string of the molecule is CC(C)(C)S(=O)(=O)C[C@@H](Cc1ccccc1)C(=O)N[C@@H](Cc1c[nH]cn1)C(=O)N[C@@H](CC1CCCCC1)[C@@H](O)C(O)c1ccco1. The number of hydrogen-bond donors (Lipinski definition) is 5. The van der Waals surface area contributed by atoms with E-state index in [1.54, 1.807) is 39.1 Å². The van der Waals surface area contributed by atoms with E-state index in [0.29, 0.717) is 12.1 Å². The molecule has 0 saturated heterocycles. The van der Waals surface area contributed by atoms with E-state index < -0.39 is 62.4 Å². The number of H-pyrrole nitrogens is 1. The van der Waals surface area contributed by atoms with Crippen molar-refractivity contribution in [2.24, 2.45) is 11.8 Å². The normalized spacial score (nSPS) is 17.8. The lowest BCUT2D eigenvalue weighted by Crippen LogP contribution is -2.56. The Labute approximate surface area is 271 Å². The zero-order valence-corrected chi connectivity index (χ0v) is 27.7. The van der Waals surface area contributed by atoms with Crippen LogP contribution in [0, 0.1) is 11.8 Å². The number of amides is 2. The van der Waals surface area contributed by atoms with Gasteiger partial charge in [-0.15, -0.1) is 0 Å². The van der Waals surface area contributed by atoms with Gasteiger partial charge in [0.05, 0.1) is 40.7 Å². The van der Waals surface area contributed by atoms with Crippen molar-refractivity contribution >= 4 is 21.7 Å². The van der Waals surface area contributed by atoms with E-state index in [1.165, 1.54) is 12.6 Å². The summed E-state index contributed by atoms with van der Waals surface area (Å²) in [5, 5.41) is 28.0. The molecule has 2 aromatic heterocycles. The predicted octanol–water partition coefficient (Wildman–Crippen LogP) is 3.65. The Hall–Kier alpha value is -3.48. The van der Waals surface area contributed by atoms with Gasteiger partial charge < -0.3 is 30.2 Å². The molecule has 0 radical (unpaired) electrons. The van der Waals surface area contributed by atoms with E-state index in [1.807, 2.05) is 30.3 Å². The molecule has 4 rings (SSSR count). The lowest BCUT2D eigenvalue weighted by Gasteiger charge is -2.33. The molecule has 0 bridgehead atoms. The average molecular weight is 657 g/mol. The molecule has 2 amide bonds. The minimum Gasteiger partial charge on any atom is -0.466 e. The zero-order valence-electron chi connectivity index (χ0n) is 26.9. The highest BCUT2D eigenvalue weighted by Gasteiger charge is 2.38. The van der Waals surface area contributed by atoms with Gasteiger partial charge in [-0.1, -0.05) is 62.4 Å². The second kappa shape index (κ2) is 15.9. The number of nitrogens with one attached hydrogen (secondary N) is 3. The summed E-state index contributed by atoms with van der Waals surface area (Å²) in [4.78, 5) is 35.0. The molecule has 0 spiro atoms. The number of furan rings is 1. The van der Waals surface area contributed by atoms with Crippen molar-refractivity contribution in [1.82, 2.24) is 20.6 Å². The summed E-state index contributed by atoms with van der Waals surface area (Å²) in [6.45, 7) is 4.80. The summed E-state index contributed by atoms with van der Waals surface area (Å²) in [7, 11) is -3.69. The Kier molecular flexibility index (Phi) is 12.2. The monoisotopic (exact) mass is 656 g/mol. The average Bonchev–Trinajstić information content (AvgIpc) is 3.75. The maximum atomic E-state index is 14.0. The van der Waals surface area contributed by atoms with Gasteiger partial charge in [-0.25, -0.2) is 13.4 Å². The number of carbonyl (C=O) groups is 2. The third-order valence-corrected chi connectivity index (χ3v) is 11.6. The molecule has 0 aliphatic heterocycles. The number of carbonyl (C=O) groups excluding carboxylic acids is 2. The van der Waals surface area contributed by atoms with Crippen LogP contribution in [0.5, 0.6) is 0 Å². The van der Waals surface area contributed by atoms with E-state index in [4.69, 9.17) is 4.42 Å². The highest BCUT2D eigenvalue weighted by molar-refractivity contribution is 7.92. The molecule has 1 saturated carbocycles. The van der Waals surface area contributed by atoms with E-state index in [-0.39, 0.29) is 24.5 Å². The predicted molar refractivity (Wildman–Crippen MR) is 174 cm³/mol. The summed E-state index contributed by atoms with van der Waals surface area (Å²) in [6.07, 6.45) is 7.52. The number of rotatable bonds is 15. The van der Waals surface area contributed by atoms with Gasteiger partial charge in [0.2, 0.25) is 11.8 Å². The molecule has 5 N–H and O–H groups in total. The van der Waals surface area contributed by atoms with Crippen molar-refractivity contribution < 1.29 is 32.6 Å². The topological polar surface area (TPSA) is 175 Å². The molecule has 252 valence electrons. The summed E-state index contributed by atoms with van der Waals surface area (Å²) in [5.41, 5.74) is 1.31. The summed E-state index contributed by atoms with van der Waals surface area (Å²) in [6, 6.07) is 10.4. The van der Waals surface area contributed by atoms with Gasteiger partial charge in [-0.2, -0.15) is 0 Å². The molecule has 2 heterocycles. The van der Waals surface area contributed by atoms with Crippen LogP contribution in [0.15, 0.2) is 65.7 Å². The number of aliphatic hydroxyl groups excluding tert-OH is 2. The van der Waals surface area contributed by atoms with Crippen LogP contribution in [0.25, 0.3) is 0 Å². The number of imidazole rings is 1. The molecule has 46 heavy (non-hydrogen) atoms. The molecule has 1 aliphatic rings. The number of aromatic amines is 1. The minimum absolute atomic E-state index is 0.0259. The molecule has 1 unspecified atom stereocenters. The third-order valence-electron chi connectivity index (χ3n) is 8.86. The van der Waals surface area contributed by atoms with Gasteiger partial charge in [0.25, 0.3) is 0 Å². The third kappa shape index (κ3) is 9.76. The fraction of sp³-hybridized carbons (Fsp3) is 0.559. The van der Waals surface area contributed by atoms with Crippen molar-refractivity contribution in [2.45, 2.75) is 101 Å². The number of hydrogen-bond acceptors (Lipinski definition) is 8. The largest absolute Gasteiger partial charge is 0.466 e. The lowest BCUT2D eigenvalue weighted by molar-refractivity contribution is -0.132. The van der Waals surface area contributed by atoms with Crippen LogP contribution in [0.2, 0.25) is 0 Å². The van der Waals surface area contributed by atoms with Crippen molar-refractivity contribution in [3.8, 4) is 0 Å². The molecular weight excluding hydrogens is 608 g/mol. The van der Waals surface area contributed by atoms with E-state index in [2.05, 4.69) is 20.6 Å². The number of benzene rings is 1. The second-order valence-electron chi connectivity index (χ2n) is 13.4. The van der Waals surface area contributed by atoms with Crippen molar-refractivity contribution in [3.05, 3.63) is 78.3 Å². The first-order valence-electron chi connectivity index (χ1n) is 16.1. The van der Waals surface area contributed by atoms with Crippen LogP contribution in [0.3, 0.4) is 0 Å². The highest BCUT2D eigenvalue weighted by Crippen LogP contribution is 2.30. The quantitative estimate of drug-likeness (QED) is 0.165. The van der Waals surface area contributed by atoms with Crippen molar-refractivity contribution in [1.29, 1.82) is 0 Å². The molecular formula is C34H48N4O7S. The molecule has 1 aliphatic carbocycles. The lowest BCUT2D eigenvalue weighted by atomic mass is 9.82. The standard InChI is InChI=1S/C34H48N4O7S/c1-34(2,3)46(43,44)21-25(17-23-11-6-4-7-12-23)32(41)38-28(19-26-20-35-22-36-26)33(42)37-27(18-24-13-8-5-9-14-24)30(39)31(40)29-15-10-16-45-29/h4,6-7,10-12,15-16,20,22,24-25,27-28,30-31,39-40H,5,8-9,13-14,17-19,21H2,1-3H3,(H,35,36)(H,37,42)(H,38,41)/t25-,27+,28+,30-,31?/m1/s1. The number of aliphatic hydroxyl groups is 2. The smallest absolute Gasteiger partial charge is 0.243 e. The summed E-state index contributed by atoms with van der Waals surface area (Å²) < 4.78 is 30.8. The van der Waals surface area contributed by atoms with Crippen molar-refractivity contribution in [2.75, 3.05) is 5.75 Å². The Morgan fingerprint density at radius 3 is 2.33 bits per heavy atom. The summed E-state index contributed by atoms with van der Waals surface area (Å²) >= 11 is 0. The summed E-state index contributed by atoms with van der Waals surface area (Å²) in [5.74, 6) is -2.08. The molecule has 5 atom stereocenters. The van der Waals surface area contributed by atoms with Gasteiger partial charge in [-0.05, 0) is 57.2 Å². The highest BCUT2D eigenvalue weighted by atomic mass is 32.2. The first-order chi connectivity index (χ1) is 21.8. The van der Waals surface area contributed by atoms with Gasteiger partial charge in [0.15, 0.2) is 9.84 Å². The van der Waals surface area contributed by atoms with E-state index in [9.17, 15) is 28.2 Å². The fourth-order valence-electron chi connectivity index (χ4n) is 5.95. The fourth-order valence-corrected chi connectivity index (χ4v) is 7.25. The Bertz CT molecular complexity index is 1470. The van der Waals surface area contributed by atoms with Gasteiger partial charge in [-0.3, -0.25) is 9.59 Å². The maximum Gasteiger partial charge on any atom is 0.243 e. The molecule has 11 nitrogen and oxygen atoms in total. The molecule has 1 aromatic carbocycles. The van der Waals surface area contributed by atoms with Crippen LogP contribution in [0.1, 0.15) is 82.4 Å². The first kappa shape index (κ1) is 35.4. The van der Waals surface area contributed by atoms with E-state index >= 15 is 0 Å². The van der Waals surface area contributed by atoms with Crippen LogP contribution >= 0.6 is 0 Å². The van der Waals surface area contributed by atoms with Gasteiger partial charge in [0, 0.05) is 12.6 Å². The van der Waals surface area contributed by atoms with Gasteiger partial charge in [0.1, 0.15) is 24.0 Å². The van der Waals surface area contributed by atoms with E-state index in [0.717, 1.165) is 37.7 Å². The van der Waals surface area contributed by atoms with Crippen LogP contribution < -0.4 is 10.6 Å². The van der Waals surface area contributed by atoms with Gasteiger partial charge >= 0.3 is 0 Å². The first-order valence-corrected chi connectivity index (χ1v) is 17.7. The van der Waals surface area contributed by atoms with Crippen molar-refractivity contribution in [3.63, 3.8) is 0 Å². The Morgan fingerprint density at radius 2 is 1.72 bits per heavy atom. The second-order valence-corrected chi connectivity index (χ2v) is 16.2. The molecule has 3 aromatic rings. The maximum absolute atomic E-state index is 14.0. The number of nitrogens with zero attached hydrogens (tertiary/aromatic N) is 1. The van der Waals surface area contributed by atoms with Crippen LogP contribution in [-0.4, -0.2) is 69.1 Å². The van der Waals surface area contributed by atoms with Crippen LogP contribution in [-0.2, 0) is 32.3 Å². The Balaban J connectivity index is 1.59. The number of sulfone groups is 1. The zero-order chi connectivity index (χ0) is 33.3. The minimum atomic E-state index is -3.69. The molecule has 12 heteroatoms. The Morgan fingerprint density at radius 1 is 1.00 bits per heavy atom.